The van der Waals surface area contributed by atoms with Gasteiger partial charge in [0.2, 0.25) is 17.7 Å². The van der Waals surface area contributed by atoms with Crippen LogP contribution in [0.3, 0.4) is 0 Å². The Morgan fingerprint density at radius 2 is 0.857 bits per heavy atom. The van der Waals surface area contributed by atoms with Gasteiger partial charge in [-0.05, 0) is 0 Å². The number of carbonyl (C=O) groups excluding carboxylic acids is 3. The van der Waals surface area contributed by atoms with E-state index in [1.165, 1.54) is 0 Å². The summed E-state index contributed by atoms with van der Waals surface area (Å²) < 4.78 is 31.4. The topological polar surface area (TPSA) is 169 Å². The first-order valence-electron chi connectivity index (χ1n) is 11.7. The van der Waals surface area contributed by atoms with E-state index in [-0.39, 0.29) is 76.6 Å². The van der Waals surface area contributed by atoms with Crippen LogP contribution in [0.15, 0.2) is 0 Å². The summed E-state index contributed by atoms with van der Waals surface area (Å²) >= 11 is 0. The van der Waals surface area contributed by atoms with E-state index in [9.17, 15) is 14.4 Å². The van der Waals surface area contributed by atoms with Gasteiger partial charge in [-0.1, -0.05) is 0 Å². The number of nitrogens with one attached hydrogen (secondary N) is 3. The second-order valence-corrected chi connectivity index (χ2v) is 7.80. The largest absolute Gasteiger partial charge is 0.383 e. The molecule has 0 fully saturated rings. The quantitative estimate of drug-likeness (QED) is 0.109. The molecule has 0 radical (unpaired) electrons. The van der Waals surface area contributed by atoms with Crippen molar-refractivity contribution in [1.82, 2.24) is 16.0 Å². The molecule has 0 bridgehead atoms. The number of nitrogens with two attached hydrogens (primary N) is 1. The van der Waals surface area contributed by atoms with Crippen LogP contribution < -0.4 is 21.7 Å². The summed E-state index contributed by atoms with van der Waals surface area (Å²) in [5.41, 5.74) is 5.39. The summed E-state index contributed by atoms with van der Waals surface area (Å²) in [6.45, 7) is 3.29. The SMILES string of the molecule is COCCNC(=O)CCOCC(N)(COCCC(=O)NCCOC)COCCC(=O)NCCOC. The summed E-state index contributed by atoms with van der Waals surface area (Å²) in [6.07, 6.45) is 0.514. The minimum Gasteiger partial charge on any atom is -0.383 e. The third kappa shape index (κ3) is 21.2. The molecule has 0 aliphatic heterocycles. The van der Waals surface area contributed by atoms with E-state index in [4.69, 9.17) is 34.2 Å². The van der Waals surface area contributed by atoms with Crippen molar-refractivity contribution >= 4 is 17.7 Å². The maximum Gasteiger partial charge on any atom is 0.222 e. The van der Waals surface area contributed by atoms with Crippen molar-refractivity contribution in [1.29, 1.82) is 0 Å². The highest BCUT2D eigenvalue weighted by Gasteiger charge is 2.27. The van der Waals surface area contributed by atoms with Crippen molar-refractivity contribution in [3.8, 4) is 0 Å². The number of hydrogen-bond acceptors (Lipinski definition) is 10. The summed E-state index contributed by atoms with van der Waals surface area (Å²) in [4.78, 5) is 35.3. The lowest BCUT2D eigenvalue weighted by atomic mass is 10.1. The number of rotatable bonds is 24. The van der Waals surface area contributed by atoms with Crippen LogP contribution in [-0.2, 0) is 42.8 Å². The van der Waals surface area contributed by atoms with Crippen LogP contribution in [0.5, 0.6) is 0 Å². The minimum atomic E-state index is -1.02. The van der Waals surface area contributed by atoms with Crippen LogP contribution in [0.1, 0.15) is 19.3 Å². The van der Waals surface area contributed by atoms with E-state index in [1.54, 1.807) is 21.3 Å². The maximum absolute atomic E-state index is 11.8. The lowest BCUT2D eigenvalue weighted by Gasteiger charge is -2.29. The number of ether oxygens (including phenoxy) is 6. The molecule has 0 aromatic heterocycles. The Morgan fingerprint density at radius 3 is 1.11 bits per heavy atom. The molecule has 0 spiro atoms. The van der Waals surface area contributed by atoms with Gasteiger partial charge in [0, 0.05) is 60.2 Å². The Bertz CT molecular complexity index is 493. The second kappa shape index (κ2) is 22.6. The molecule has 0 aliphatic carbocycles. The Kier molecular flexibility index (Phi) is 21.4. The average Bonchev–Trinajstić information content (AvgIpc) is 2.83. The van der Waals surface area contributed by atoms with Gasteiger partial charge < -0.3 is 50.1 Å². The van der Waals surface area contributed by atoms with Crippen LogP contribution >= 0.6 is 0 Å². The van der Waals surface area contributed by atoms with Gasteiger partial charge in [-0.15, -0.1) is 0 Å². The zero-order valence-corrected chi connectivity index (χ0v) is 21.4. The van der Waals surface area contributed by atoms with Crippen molar-refractivity contribution in [2.75, 3.05) is 100 Å². The molecule has 0 aromatic carbocycles. The van der Waals surface area contributed by atoms with Crippen LogP contribution in [-0.4, -0.2) is 124 Å². The van der Waals surface area contributed by atoms with Crippen LogP contribution in [0.4, 0.5) is 0 Å². The van der Waals surface area contributed by atoms with E-state index < -0.39 is 5.54 Å². The number of carbonyl (C=O) groups is 3. The maximum atomic E-state index is 11.8. The molecular formula is C22H44N4O9. The molecule has 5 N–H and O–H groups in total. The lowest BCUT2D eigenvalue weighted by molar-refractivity contribution is -0.123. The highest BCUT2D eigenvalue weighted by molar-refractivity contribution is 5.76. The number of hydrogen-bond donors (Lipinski definition) is 4. The predicted octanol–water partition coefficient (Wildman–Crippen LogP) is -1.81. The standard InChI is InChI=1S/C22H44N4O9/c1-30-13-7-24-19(27)4-10-33-16-22(23,17-34-11-5-20(28)25-8-14-31-2)18-35-12-6-21(29)26-9-15-32-3/h4-18,23H2,1-3H3,(H,24,27)(H,25,28)(H,26,29). The predicted molar refractivity (Wildman–Crippen MR) is 128 cm³/mol. The van der Waals surface area contributed by atoms with Gasteiger partial charge in [-0.3, -0.25) is 14.4 Å². The summed E-state index contributed by atoms with van der Waals surface area (Å²) in [5, 5.41) is 8.12. The third-order valence-electron chi connectivity index (χ3n) is 4.47. The molecule has 206 valence electrons. The van der Waals surface area contributed by atoms with Gasteiger partial charge in [-0.25, -0.2) is 0 Å². The highest BCUT2D eigenvalue weighted by Crippen LogP contribution is 2.06. The Morgan fingerprint density at radius 1 is 0.571 bits per heavy atom. The molecule has 0 aromatic rings. The third-order valence-corrected chi connectivity index (χ3v) is 4.47. The molecule has 0 saturated carbocycles. The number of amides is 3. The first-order chi connectivity index (χ1) is 16.9. The van der Waals surface area contributed by atoms with E-state index in [0.29, 0.717) is 39.5 Å². The van der Waals surface area contributed by atoms with Crippen molar-refractivity contribution in [2.45, 2.75) is 24.8 Å². The highest BCUT2D eigenvalue weighted by atomic mass is 16.5. The second-order valence-electron chi connectivity index (χ2n) is 7.80. The summed E-state index contributed by atoms with van der Waals surface area (Å²) in [7, 11) is 4.67. The molecule has 0 aliphatic rings. The van der Waals surface area contributed by atoms with Crippen molar-refractivity contribution < 1.29 is 42.8 Å². The molecule has 0 heterocycles. The van der Waals surface area contributed by atoms with E-state index >= 15 is 0 Å². The minimum absolute atomic E-state index is 0.0679. The molecule has 0 saturated heterocycles. The van der Waals surface area contributed by atoms with Crippen LogP contribution in [0.25, 0.3) is 0 Å². The van der Waals surface area contributed by atoms with Gasteiger partial charge in [0.05, 0.1) is 65.0 Å². The van der Waals surface area contributed by atoms with Crippen LogP contribution in [0, 0.1) is 0 Å². The molecule has 0 unspecified atom stereocenters. The average molecular weight is 509 g/mol. The normalized spacial score (nSPS) is 11.3. The molecule has 35 heavy (non-hydrogen) atoms. The zero-order valence-electron chi connectivity index (χ0n) is 21.4. The molecular weight excluding hydrogens is 464 g/mol. The van der Waals surface area contributed by atoms with Crippen LogP contribution in [0.2, 0.25) is 0 Å². The van der Waals surface area contributed by atoms with Gasteiger partial charge in [0.25, 0.3) is 0 Å². The Labute approximate surface area is 208 Å². The van der Waals surface area contributed by atoms with E-state index in [2.05, 4.69) is 16.0 Å². The first-order valence-corrected chi connectivity index (χ1v) is 11.7. The van der Waals surface area contributed by atoms with Crippen molar-refractivity contribution in [3.63, 3.8) is 0 Å². The molecule has 0 rings (SSSR count). The first kappa shape index (κ1) is 33.1. The van der Waals surface area contributed by atoms with Crippen molar-refractivity contribution in [2.24, 2.45) is 5.73 Å². The van der Waals surface area contributed by atoms with Gasteiger partial charge >= 0.3 is 0 Å². The molecule has 13 heteroatoms. The van der Waals surface area contributed by atoms with Gasteiger partial charge in [0.1, 0.15) is 0 Å². The molecule has 3 amide bonds. The molecule has 13 nitrogen and oxygen atoms in total. The summed E-state index contributed by atoms with van der Waals surface area (Å²) in [5.74, 6) is -0.469. The molecule has 0 atom stereocenters. The lowest BCUT2D eigenvalue weighted by Crippen LogP contribution is -2.53. The smallest absolute Gasteiger partial charge is 0.222 e. The van der Waals surface area contributed by atoms with Gasteiger partial charge in [0.15, 0.2) is 0 Å². The van der Waals surface area contributed by atoms with Crippen molar-refractivity contribution in [3.05, 3.63) is 0 Å². The fraction of sp³-hybridized carbons (Fsp3) is 0.864. The zero-order chi connectivity index (χ0) is 26.2. The van der Waals surface area contributed by atoms with E-state index in [0.717, 1.165) is 0 Å². The monoisotopic (exact) mass is 508 g/mol. The fourth-order valence-corrected chi connectivity index (χ4v) is 2.59. The van der Waals surface area contributed by atoms with E-state index in [1.807, 2.05) is 0 Å². The Hall–Kier alpha value is -1.87. The Balaban J connectivity index is 4.42. The fourth-order valence-electron chi connectivity index (χ4n) is 2.59. The van der Waals surface area contributed by atoms with Gasteiger partial charge in [-0.2, -0.15) is 0 Å². The summed E-state index contributed by atoms with van der Waals surface area (Å²) in [6, 6.07) is 0. The number of methoxy groups -OCH3 is 3.